The number of aromatic nitrogens is 3. The standard InChI is InChI=1S/C18H25N5OS/c1-22-9-7-19-16(18(22)24)23-8-3-6-14(12-23)20-10-15-11-21-17(25-15)13-4-2-5-13/h7,9,11,13-14,20H,2-6,8,10,12H2,1H3/t14-/m1/s1. The molecule has 1 atom stereocenters. The van der Waals surface area contributed by atoms with E-state index in [-0.39, 0.29) is 5.56 Å². The van der Waals surface area contributed by atoms with Gasteiger partial charge in [0, 0.05) is 62.1 Å². The van der Waals surface area contributed by atoms with Crippen LogP contribution >= 0.6 is 11.3 Å². The number of thiazole rings is 1. The van der Waals surface area contributed by atoms with Crippen LogP contribution in [0.15, 0.2) is 23.4 Å². The van der Waals surface area contributed by atoms with E-state index in [2.05, 4.69) is 20.2 Å². The number of aryl methyl sites for hydroxylation is 1. The molecule has 0 aromatic carbocycles. The van der Waals surface area contributed by atoms with E-state index < -0.39 is 0 Å². The molecule has 1 aliphatic heterocycles. The summed E-state index contributed by atoms with van der Waals surface area (Å²) in [4.78, 5) is 24.6. The Labute approximate surface area is 151 Å². The second-order valence-corrected chi connectivity index (χ2v) is 8.27. The van der Waals surface area contributed by atoms with E-state index in [1.54, 1.807) is 24.0 Å². The molecular formula is C18H25N5OS. The molecule has 134 valence electrons. The van der Waals surface area contributed by atoms with Crippen molar-refractivity contribution in [1.29, 1.82) is 0 Å². The lowest BCUT2D eigenvalue weighted by Gasteiger charge is -2.33. The molecule has 4 rings (SSSR count). The number of hydrogen-bond donors (Lipinski definition) is 1. The molecule has 1 N–H and O–H groups in total. The first kappa shape index (κ1) is 16.7. The van der Waals surface area contributed by atoms with Crippen molar-refractivity contribution >= 4 is 17.2 Å². The first-order valence-corrected chi connectivity index (χ1v) is 9.97. The van der Waals surface area contributed by atoms with Gasteiger partial charge in [0.1, 0.15) is 0 Å². The quantitative estimate of drug-likeness (QED) is 0.887. The second kappa shape index (κ2) is 7.25. The van der Waals surface area contributed by atoms with Gasteiger partial charge in [0.15, 0.2) is 5.82 Å². The van der Waals surface area contributed by atoms with Crippen LogP contribution < -0.4 is 15.8 Å². The summed E-state index contributed by atoms with van der Waals surface area (Å²) in [6.07, 6.45) is 11.6. The van der Waals surface area contributed by atoms with E-state index in [1.165, 1.54) is 29.1 Å². The van der Waals surface area contributed by atoms with Gasteiger partial charge in [-0.25, -0.2) is 9.97 Å². The maximum absolute atomic E-state index is 12.3. The van der Waals surface area contributed by atoms with Crippen LogP contribution in [-0.2, 0) is 13.6 Å². The van der Waals surface area contributed by atoms with Crippen molar-refractivity contribution in [1.82, 2.24) is 19.9 Å². The summed E-state index contributed by atoms with van der Waals surface area (Å²) in [5, 5.41) is 4.96. The van der Waals surface area contributed by atoms with E-state index >= 15 is 0 Å². The minimum atomic E-state index is -0.0178. The second-order valence-electron chi connectivity index (χ2n) is 7.13. The molecule has 1 saturated carbocycles. The minimum Gasteiger partial charge on any atom is -0.350 e. The molecule has 2 fully saturated rings. The molecule has 0 unspecified atom stereocenters. The lowest BCUT2D eigenvalue weighted by Crippen LogP contribution is -2.47. The number of nitrogens with one attached hydrogen (secondary N) is 1. The van der Waals surface area contributed by atoms with Gasteiger partial charge < -0.3 is 14.8 Å². The maximum atomic E-state index is 12.3. The summed E-state index contributed by atoms with van der Waals surface area (Å²) >= 11 is 1.85. The molecule has 0 amide bonds. The van der Waals surface area contributed by atoms with Crippen LogP contribution in [0.5, 0.6) is 0 Å². The third-order valence-corrected chi connectivity index (χ3v) is 6.47. The normalized spacial score (nSPS) is 21.3. The van der Waals surface area contributed by atoms with Crippen molar-refractivity contribution in [3.8, 4) is 0 Å². The molecular weight excluding hydrogens is 334 g/mol. The SMILES string of the molecule is Cn1ccnc(N2CCC[C@@H](NCc3cnc(C4CCC4)s3)C2)c1=O. The maximum Gasteiger partial charge on any atom is 0.293 e. The zero-order valence-electron chi connectivity index (χ0n) is 14.6. The monoisotopic (exact) mass is 359 g/mol. The number of piperidine rings is 1. The molecule has 2 aromatic rings. The van der Waals surface area contributed by atoms with Crippen LogP contribution in [0.4, 0.5) is 5.82 Å². The highest BCUT2D eigenvalue weighted by Crippen LogP contribution is 2.38. The molecule has 0 spiro atoms. The summed E-state index contributed by atoms with van der Waals surface area (Å²) in [5.41, 5.74) is -0.0178. The highest BCUT2D eigenvalue weighted by molar-refractivity contribution is 7.11. The Balaban J connectivity index is 1.36. The largest absolute Gasteiger partial charge is 0.350 e. The Morgan fingerprint density at radius 1 is 1.28 bits per heavy atom. The molecule has 2 aromatic heterocycles. The molecule has 0 radical (unpaired) electrons. The summed E-state index contributed by atoms with van der Waals surface area (Å²) in [6.45, 7) is 2.60. The lowest BCUT2D eigenvalue weighted by atomic mass is 9.86. The third kappa shape index (κ3) is 3.62. The van der Waals surface area contributed by atoms with Gasteiger partial charge in [0.2, 0.25) is 0 Å². The zero-order valence-corrected chi connectivity index (χ0v) is 15.5. The highest BCUT2D eigenvalue weighted by Gasteiger charge is 2.24. The van der Waals surface area contributed by atoms with Gasteiger partial charge in [-0.05, 0) is 25.7 Å². The van der Waals surface area contributed by atoms with E-state index in [4.69, 9.17) is 0 Å². The third-order valence-electron chi connectivity index (χ3n) is 5.31. The van der Waals surface area contributed by atoms with Crippen molar-refractivity contribution < 1.29 is 0 Å². The molecule has 3 heterocycles. The molecule has 1 saturated heterocycles. The Kier molecular flexibility index (Phi) is 4.85. The fourth-order valence-corrected chi connectivity index (χ4v) is 4.57. The van der Waals surface area contributed by atoms with Crippen LogP contribution in [0.25, 0.3) is 0 Å². The molecule has 25 heavy (non-hydrogen) atoms. The van der Waals surface area contributed by atoms with Gasteiger partial charge >= 0.3 is 0 Å². The van der Waals surface area contributed by atoms with Crippen LogP contribution in [0.3, 0.4) is 0 Å². The van der Waals surface area contributed by atoms with Crippen LogP contribution in [-0.4, -0.2) is 33.7 Å². The molecule has 6 nitrogen and oxygen atoms in total. The van der Waals surface area contributed by atoms with E-state index in [9.17, 15) is 4.79 Å². The number of hydrogen-bond acceptors (Lipinski definition) is 6. The fraction of sp³-hybridized carbons (Fsp3) is 0.611. The Hall–Kier alpha value is -1.73. The fourth-order valence-electron chi connectivity index (χ4n) is 3.53. The van der Waals surface area contributed by atoms with Gasteiger partial charge in [0.25, 0.3) is 5.56 Å². The van der Waals surface area contributed by atoms with Crippen molar-refractivity contribution in [2.24, 2.45) is 7.05 Å². The van der Waals surface area contributed by atoms with Crippen molar-refractivity contribution in [3.05, 3.63) is 38.8 Å². The molecule has 0 bridgehead atoms. The summed E-state index contributed by atoms with van der Waals surface area (Å²) < 4.78 is 1.60. The molecule has 1 aliphatic carbocycles. The van der Waals surface area contributed by atoms with Crippen molar-refractivity contribution in [2.75, 3.05) is 18.0 Å². The lowest BCUT2D eigenvalue weighted by molar-refractivity contribution is 0.418. The average molecular weight is 359 g/mol. The van der Waals surface area contributed by atoms with E-state index in [0.717, 1.165) is 32.5 Å². The van der Waals surface area contributed by atoms with Gasteiger partial charge in [0.05, 0.1) is 5.01 Å². The van der Waals surface area contributed by atoms with E-state index in [1.807, 2.05) is 17.5 Å². The topological polar surface area (TPSA) is 63.1 Å². The van der Waals surface area contributed by atoms with Gasteiger partial charge in [-0.15, -0.1) is 11.3 Å². The van der Waals surface area contributed by atoms with E-state index in [0.29, 0.717) is 17.8 Å². The Morgan fingerprint density at radius 3 is 2.96 bits per heavy atom. The summed E-state index contributed by atoms with van der Waals surface area (Å²) in [5.74, 6) is 1.28. The highest BCUT2D eigenvalue weighted by atomic mass is 32.1. The number of nitrogens with zero attached hydrogens (tertiary/aromatic N) is 4. The summed E-state index contributed by atoms with van der Waals surface area (Å²) in [6, 6.07) is 0.384. The predicted molar refractivity (Wildman–Crippen MR) is 100 cm³/mol. The van der Waals surface area contributed by atoms with Gasteiger partial charge in [-0.1, -0.05) is 6.42 Å². The first-order valence-electron chi connectivity index (χ1n) is 9.15. The first-order chi connectivity index (χ1) is 12.2. The molecule has 2 aliphatic rings. The predicted octanol–water partition coefficient (Wildman–Crippen LogP) is 2.26. The van der Waals surface area contributed by atoms with Crippen molar-refractivity contribution in [3.63, 3.8) is 0 Å². The minimum absolute atomic E-state index is 0.0178. The molecule has 7 heteroatoms. The smallest absolute Gasteiger partial charge is 0.293 e. The van der Waals surface area contributed by atoms with Gasteiger partial charge in [-0.2, -0.15) is 0 Å². The van der Waals surface area contributed by atoms with Crippen LogP contribution in [0.2, 0.25) is 0 Å². The summed E-state index contributed by atoms with van der Waals surface area (Å²) in [7, 11) is 1.77. The Bertz CT molecular complexity index is 782. The number of anilines is 1. The number of rotatable bonds is 5. The van der Waals surface area contributed by atoms with Gasteiger partial charge in [-0.3, -0.25) is 4.79 Å². The van der Waals surface area contributed by atoms with Crippen LogP contribution in [0, 0.1) is 0 Å². The zero-order chi connectivity index (χ0) is 17.2. The van der Waals surface area contributed by atoms with Crippen molar-refractivity contribution in [2.45, 2.75) is 50.6 Å². The van der Waals surface area contributed by atoms with Crippen LogP contribution in [0.1, 0.15) is 47.9 Å². The average Bonchev–Trinajstić information content (AvgIpc) is 3.02. The Morgan fingerprint density at radius 2 is 2.16 bits per heavy atom.